The number of halogens is 1. The molecule has 4 aromatic rings. The first-order chi connectivity index (χ1) is 12.1. The van der Waals surface area contributed by atoms with Gasteiger partial charge in [0.05, 0.1) is 5.69 Å². The molecule has 124 valence electrons. The first-order valence-corrected chi connectivity index (χ1v) is 7.75. The van der Waals surface area contributed by atoms with Gasteiger partial charge in [0.2, 0.25) is 11.7 Å². The molecule has 0 aliphatic heterocycles. The van der Waals surface area contributed by atoms with Crippen molar-refractivity contribution < 1.29 is 9.13 Å². The van der Waals surface area contributed by atoms with Crippen LogP contribution < -0.4 is 10.5 Å². The zero-order chi connectivity index (χ0) is 17.4. The van der Waals surface area contributed by atoms with Crippen molar-refractivity contribution in [3.8, 4) is 22.8 Å². The monoisotopic (exact) mass is 334 g/mol. The van der Waals surface area contributed by atoms with Crippen LogP contribution in [0.2, 0.25) is 0 Å². The number of anilines is 1. The molecule has 0 unspecified atom stereocenters. The SMILES string of the molecule is Cc1c(Oc2ccccc2)nc2ncc(-c3ccc(F)cc3N)cn12. The van der Waals surface area contributed by atoms with E-state index in [-0.39, 0.29) is 5.82 Å². The van der Waals surface area contributed by atoms with Crippen molar-refractivity contribution in [2.24, 2.45) is 0 Å². The number of hydrogen-bond acceptors (Lipinski definition) is 4. The van der Waals surface area contributed by atoms with Crippen molar-refractivity contribution in [2.45, 2.75) is 6.92 Å². The summed E-state index contributed by atoms with van der Waals surface area (Å²) < 4.78 is 20.9. The second-order valence-electron chi connectivity index (χ2n) is 5.66. The highest BCUT2D eigenvalue weighted by molar-refractivity contribution is 5.75. The van der Waals surface area contributed by atoms with Gasteiger partial charge in [-0.3, -0.25) is 4.40 Å². The number of nitrogens with zero attached hydrogens (tertiary/aromatic N) is 3. The standard InChI is InChI=1S/C19H15FN4O/c1-12-18(25-15-5-3-2-4-6-15)23-19-22-10-13(11-24(12)19)16-8-7-14(20)9-17(16)21/h2-11H,21H2,1H3. The van der Waals surface area contributed by atoms with Gasteiger partial charge in [0, 0.05) is 29.2 Å². The van der Waals surface area contributed by atoms with Gasteiger partial charge in [0.15, 0.2) is 0 Å². The van der Waals surface area contributed by atoms with E-state index in [9.17, 15) is 4.39 Å². The highest BCUT2D eigenvalue weighted by atomic mass is 19.1. The molecule has 0 saturated heterocycles. The van der Waals surface area contributed by atoms with Gasteiger partial charge in [0.1, 0.15) is 11.6 Å². The Morgan fingerprint density at radius 1 is 1.12 bits per heavy atom. The van der Waals surface area contributed by atoms with Crippen molar-refractivity contribution >= 4 is 11.5 Å². The Morgan fingerprint density at radius 2 is 1.92 bits per heavy atom. The van der Waals surface area contributed by atoms with Gasteiger partial charge in [0.25, 0.3) is 0 Å². The first-order valence-electron chi connectivity index (χ1n) is 7.75. The summed E-state index contributed by atoms with van der Waals surface area (Å²) in [5, 5.41) is 0. The van der Waals surface area contributed by atoms with Crippen LogP contribution in [0.3, 0.4) is 0 Å². The summed E-state index contributed by atoms with van der Waals surface area (Å²) in [6.07, 6.45) is 3.53. The summed E-state index contributed by atoms with van der Waals surface area (Å²) >= 11 is 0. The normalized spacial score (nSPS) is 11.0. The number of hydrogen-bond donors (Lipinski definition) is 1. The van der Waals surface area contributed by atoms with E-state index in [1.165, 1.54) is 12.1 Å². The van der Waals surface area contributed by atoms with Gasteiger partial charge >= 0.3 is 0 Å². The number of para-hydroxylation sites is 1. The fourth-order valence-corrected chi connectivity index (χ4v) is 2.66. The van der Waals surface area contributed by atoms with Crippen LogP contribution in [-0.4, -0.2) is 14.4 Å². The van der Waals surface area contributed by atoms with Crippen LogP contribution in [-0.2, 0) is 0 Å². The Balaban J connectivity index is 1.77. The van der Waals surface area contributed by atoms with E-state index in [1.807, 2.05) is 47.9 Å². The molecule has 2 N–H and O–H groups in total. The number of ether oxygens (including phenoxy) is 1. The van der Waals surface area contributed by atoms with Crippen LogP contribution >= 0.6 is 0 Å². The third-order valence-corrected chi connectivity index (χ3v) is 3.96. The second-order valence-corrected chi connectivity index (χ2v) is 5.66. The summed E-state index contributed by atoms with van der Waals surface area (Å²) in [7, 11) is 0. The van der Waals surface area contributed by atoms with E-state index in [0.29, 0.717) is 23.1 Å². The fourth-order valence-electron chi connectivity index (χ4n) is 2.66. The molecular formula is C19H15FN4O. The zero-order valence-electron chi connectivity index (χ0n) is 13.5. The molecule has 25 heavy (non-hydrogen) atoms. The summed E-state index contributed by atoms with van der Waals surface area (Å²) in [6, 6.07) is 13.8. The van der Waals surface area contributed by atoms with Crippen LogP contribution in [0.5, 0.6) is 11.6 Å². The summed E-state index contributed by atoms with van der Waals surface area (Å²) in [5.41, 5.74) is 8.59. The van der Waals surface area contributed by atoms with E-state index < -0.39 is 0 Å². The minimum atomic E-state index is -0.368. The second kappa shape index (κ2) is 5.90. The Bertz CT molecular complexity index is 1060. The maximum absolute atomic E-state index is 13.3. The number of imidazole rings is 1. The molecule has 6 heteroatoms. The number of nitrogen functional groups attached to an aromatic ring is 1. The van der Waals surface area contributed by atoms with Gasteiger partial charge in [-0.05, 0) is 37.3 Å². The maximum atomic E-state index is 13.3. The molecule has 0 amide bonds. The van der Waals surface area contributed by atoms with Gasteiger partial charge in [-0.2, -0.15) is 4.98 Å². The lowest BCUT2D eigenvalue weighted by Gasteiger charge is -2.06. The largest absolute Gasteiger partial charge is 0.437 e. The number of aromatic nitrogens is 3. The van der Waals surface area contributed by atoms with Crippen molar-refractivity contribution in [1.82, 2.24) is 14.4 Å². The van der Waals surface area contributed by atoms with Gasteiger partial charge in [-0.15, -0.1) is 0 Å². The Kier molecular flexibility index (Phi) is 3.57. The van der Waals surface area contributed by atoms with Gasteiger partial charge in [-0.25, -0.2) is 9.37 Å². The lowest BCUT2D eigenvalue weighted by molar-refractivity contribution is 0.462. The van der Waals surface area contributed by atoms with Crippen LogP contribution in [0.25, 0.3) is 16.9 Å². The Labute approximate surface area is 143 Å². The third-order valence-electron chi connectivity index (χ3n) is 3.96. The quantitative estimate of drug-likeness (QED) is 0.570. The third kappa shape index (κ3) is 2.78. The number of rotatable bonds is 3. The lowest BCUT2D eigenvalue weighted by atomic mass is 10.1. The molecule has 2 heterocycles. The van der Waals surface area contributed by atoms with E-state index in [0.717, 1.165) is 16.8 Å². The predicted octanol–water partition coefficient (Wildman–Crippen LogP) is 4.22. The average Bonchev–Trinajstić information content (AvgIpc) is 2.91. The van der Waals surface area contributed by atoms with Crippen LogP contribution in [0.15, 0.2) is 60.9 Å². The average molecular weight is 334 g/mol. The minimum Gasteiger partial charge on any atom is -0.437 e. The summed E-state index contributed by atoms with van der Waals surface area (Å²) in [5.74, 6) is 1.35. The molecule has 0 saturated carbocycles. The minimum absolute atomic E-state index is 0.361. The molecule has 0 fully saturated rings. The van der Waals surface area contributed by atoms with Crippen LogP contribution in [0, 0.1) is 12.7 Å². The molecule has 4 rings (SSSR count). The maximum Gasteiger partial charge on any atom is 0.242 e. The Morgan fingerprint density at radius 3 is 2.68 bits per heavy atom. The molecular weight excluding hydrogens is 319 g/mol. The molecule has 2 aromatic heterocycles. The van der Waals surface area contributed by atoms with Gasteiger partial charge in [-0.1, -0.05) is 18.2 Å². The molecule has 0 spiro atoms. The highest BCUT2D eigenvalue weighted by Gasteiger charge is 2.13. The fraction of sp³-hybridized carbons (Fsp3) is 0.0526. The van der Waals surface area contributed by atoms with Crippen molar-refractivity contribution in [3.63, 3.8) is 0 Å². The number of nitrogens with two attached hydrogens (primary N) is 1. The van der Waals surface area contributed by atoms with E-state index in [1.54, 1.807) is 12.3 Å². The predicted molar refractivity (Wildman–Crippen MR) is 94.0 cm³/mol. The van der Waals surface area contributed by atoms with Crippen molar-refractivity contribution in [2.75, 3.05) is 5.73 Å². The van der Waals surface area contributed by atoms with E-state index in [2.05, 4.69) is 9.97 Å². The topological polar surface area (TPSA) is 65.4 Å². The molecule has 0 atom stereocenters. The van der Waals surface area contributed by atoms with Gasteiger partial charge < -0.3 is 10.5 Å². The number of benzene rings is 2. The van der Waals surface area contributed by atoms with Crippen molar-refractivity contribution in [1.29, 1.82) is 0 Å². The molecule has 2 aromatic carbocycles. The lowest BCUT2D eigenvalue weighted by Crippen LogP contribution is -1.96. The Hall–Kier alpha value is -3.41. The molecule has 0 aliphatic carbocycles. The van der Waals surface area contributed by atoms with Crippen molar-refractivity contribution in [3.05, 3.63) is 72.4 Å². The molecule has 0 radical (unpaired) electrons. The molecule has 0 aliphatic rings. The van der Waals surface area contributed by atoms with Crippen LogP contribution in [0.4, 0.5) is 10.1 Å². The highest BCUT2D eigenvalue weighted by Crippen LogP contribution is 2.29. The molecule has 0 bridgehead atoms. The zero-order valence-corrected chi connectivity index (χ0v) is 13.5. The molecule has 5 nitrogen and oxygen atoms in total. The first kappa shape index (κ1) is 15.1. The van der Waals surface area contributed by atoms with Crippen LogP contribution in [0.1, 0.15) is 5.69 Å². The smallest absolute Gasteiger partial charge is 0.242 e. The van der Waals surface area contributed by atoms with E-state index in [4.69, 9.17) is 10.5 Å². The summed E-state index contributed by atoms with van der Waals surface area (Å²) in [6.45, 7) is 1.90. The number of fused-ring (bicyclic) bond motifs is 1. The summed E-state index contributed by atoms with van der Waals surface area (Å²) in [4.78, 5) is 8.78. The number of aryl methyl sites for hydroxylation is 1. The van der Waals surface area contributed by atoms with E-state index >= 15 is 0 Å².